The summed E-state index contributed by atoms with van der Waals surface area (Å²) in [5, 5.41) is 15.6. The van der Waals surface area contributed by atoms with Gasteiger partial charge in [-0.1, -0.05) is 0 Å². The summed E-state index contributed by atoms with van der Waals surface area (Å²) < 4.78 is 40.4. The van der Waals surface area contributed by atoms with Gasteiger partial charge in [-0.25, -0.2) is 13.1 Å². The predicted octanol–water partition coefficient (Wildman–Crippen LogP) is 1.69. The number of carbonyl (C=O) groups excluding carboxylic acids is 1. The minimum absolute atomic E-state index is 0.0848. The van der Waals surface area contributed by atoms with E-state index in [2.05, 4.69) is 5.10 Å². The third-order valence-corrected chi connectivity index (χ3v) is 7.67. The van der Waals surface area contributed by atoms with Crippen molar-refractivity contribution in [2.75, 3.05) is 39.4 Å². The number of morpholine rings is 1. The third-order valence-electron chi connectivity index (χ3n) is 5.75. The van der Waals surface area contributed by atoms with E-state index in [1.54, 1.807) is 18.9 Å². The second-order valence-corrected chi connectivity index (χ2v) is 9.81. The van der Waals surface area contributed by atoms with Gasteiger partial charge in [-0.15, -0.1) is 0 Å². The summed E-state index contributed by atoms with van der Waals surface area (Å²) in [5.74, 6) is -0.108. The van der Waals surface area contributed by atoms with Gasteiger partial charge in [0.2, 0.25) is 15.9 Å². The van der Waals surface area contributed by atoms with Crippen molar-refractivity contribution in [3.63, 3.8) is 0 Å². The second kappa shape index (κ2) is 9.08. The van der Waals surface area contributed by atoms with Gasteiger partial charge in [0.1, 0.15) is 10.6 Å². The van der Waals surface area contributed by atoms with Crippen LogP contribution >= 0.6 is 0 Å². The average Bonchev–Trinajstić information content (AvgIpc) is 3.44. The lowest BCUT2D eigenvalue weighted by Gasteiger charge is -2.26. The van der Waals surface area contributed by atoms with Crippen LogP contribution in [0.1, 0.15) is 28.9 Å². The van der Waals surface area contributed by atoms with Crippen molar-refractivity contribution in [2.45, 2.75) is 24.7 Å². The molecular weight excluding hydrogens is 454 g/mol. The van der Waals surface area contributed by atoms with Crippen LogP contribution in [0.4, 0.5) is 5.69 Å². The minimum atomic E-state index is -4.10. The molecule has 0 N–H and O–H groups in total. The van der Waals surface area contributed by atoms with Crippen molar-refractivity contribution in [1.29, 1.82) is 0 Å². The molecule has 0 aliphatic carbocycles. The molecule has 2 saturated heterocycles. The molecule has 1 aromatic heterocycles. The van der Waals surface area contributed by atoms with Gasteiger partial charge in [0, 0.05) is 50.9 Å². The number of aryl methyl sites for hydroxylation is 1. The third kappa shape index (κ3) is 4.43. The molecule has 2 aliphatic heterocycles. The Morgan fingerprint density at radius 2 is 1.85 bits per heavy atom. The monoisotopic (exact) mass is 479 g/mol. The van der Waals surface area contributed by atoms with E-state index >= 15 is 0 Å². The molecule has 1 aromatic carbocycles. The zero-order valence-electron chi connectivity index (χ0n) is 18.4. The molecule has 33 heavy (non-hydrogen) atoms. The maximum atomic E-state index is 13.3. The number of benzene rings is 1. The molecule has 0 unspecified atom stereocenters. The van der Waals surface area contributed by atoms with Gasteiger partial charge in [-0.05, 0) is 25.8 Å². The summed E-state index contributed by atoms with van der Waals surface area (Å²) in [6, 6.07) is 3.41. The van der Waals surface area contributed by atoms with Gasteiger partial charge in [-0.2, -0.15) is 9.40 Å². The summed E-state index contributed by atoms with van der Waals surface area (Å²) in [6.07, 6.45) is 1.87. The molecule has 0 spiro atoms. The number of rotatable bonds is 6. The lowest BCUT2D eigenvalue weighted by Crippen LogP contribution is -2.40. The number of non-ortho nitro benzene ring substituents is 1. The molecular formula is C20H25N5O7S. The zero-order valence-corrected chi connectivity index (χ0v) is 19.2. The van der Waals surface area contributed by atoms with Gasteiger partial charge >= 0.3 is 0 Å². The number of carbonyl (C=O) groups is 1. The van der Waals surface area contributed by atoms with E-state index in [-0.39, 0.29) is 60.1 Å². The van der Waals surface area contributed by atoms with E-state index in [0.717, 1.165) is 18.9 Å². The molecule has 13 heteroatoms. The average molecular weight is 480 g/mol. The molecule has 4 rings (SSSR count). The first kappa shape index (κ1) is 23.1. The van der Waals surface area contributed by atoms with Crippen molar-refractivity contribution in [3.05, 3.63) is 39.6 Å². The first-order valence-corrected chi connectivity index (χ1v) is 12.0. The van der Waals surface area contributed by atoms with Crippen molar-refractivity contribution >= 4 is 21.6 Å². The van der Waals surface area contributed by atoms with E-state index in [4.69, 9.17) is 9.47 Å². The summed E-state index contributed by atoms with van der Waals surface area (Å²) in [7, 11) is -2.51. The Balaban J connectivity index is 1.73. The minimum Gasteiger partial charge on any atom is -0.438 e. The van der Waals surface area contributed by atoms with Crippen molar-refractivity contribution in [3.8, 4) is 11.6 Å². The molecule has 3 heterocycles. The number of nitrogens with zero attached hydrogens (tertiary/aromatic N) is 5. The summed E-state index contributed by atoms with van der Waals surface area (Å²) >= 11 is 0. The van der Waals surface area contributed by atoms with Crippen molar-refractivity contribution in [2.24, 2.45) is 7.05 Å². The lowest BCUT2D eigenvalue weighted by atomic mass is 10.2. The Kier molecular flexibility index (Phi) is 6.36. The van der Waals surface area contributed by atoms with E-state index in [1.807, 2.05) is 0 Å². The number of aromatic nitrogens is 2. The molecule has 0 atom stereocenters. The maximum absolute atomic E-state index is 13.3. The van der Waals surface area contributed by atoms with Crippen molar-refractivity contribution in [1.82, 2.24) is 19.0 Å². The molecule has 1 amide bonds. The highest BCUT2D eigenvalue weighted by Crippen LogP contribution is 2.36. The number of amides is 1. The van der Waals surface area contributed by atoms with Crippen LogP contribution < -0.4 is 4.74 Å². The fraction of sp³-hybridized carbons (Fsp3) is 0.500. The van der Waals surface area contributed by atoms with E-state index < -0.39 is 14.9 Å². The van der Waals surface area contributed by atoms with Gasteiger partial charge in [0.25, 0.3) is 11.6 Å². The van der Waals surface area contributed by atoms with Crippen LogP contribution in [0, 0.1) is 17.0 Å². The Bertz CT molecular complexity index is 1180. The largest absolute Gasteiger partial charge is 0.438 e. The smallest absolute Gasteiger partial charge is 0.274 e. The fourth-order valence-electron chi connectivity index (χ4n) is 3.96. The molecule has 2 fully saturated rings. The van der Waals surface area contributed by atoms with E-state index in [0.29, 0.717) is 18.7 Å². The highest BCUT2D eigenvalue weighted by atomic mass is 32.2. The number of sulfonamides is 1. The number of hydrogen-bond acceptors (Lipinski definition) is 8. The van der Waals surface area contributed by atoms with Gasteiger partial charge < -0.3 is 14.4 Å². The fourth-order valence-corrected chi connectivity index (χ4v) is 5.50. The first-order valence-electron chi connectivity index (χ1n) is 10.6. The lowest BCUT2D eigenvalue weighted by molar-refractivity contribution is -0.385. The zero-order chi connectivity index (χ0) is 23.8. The highest BCUT2D eigenvalue weighted by Gasteiger charge is 2.33. The summed E-state index contributed by atoms with van der Waals surface area (Å²) in [4.78, 5) is 24.9. The Hall–Kier alpha value is -3.03. The number of ether oxygens (including phenoxy) is 2. The normalized spacial score (nSPS) is 17.3. The molecule has 12 nitrogen and oxygen atoms in total. The van der Waals surface area contributed by atoms with Gasteiger partial charge in [0.05, 0.1) is 18.1 Å². The van der Waals surface area contributed by atoms with Gasteiger partial charge in [-0.3, -0.25) is 14.9 Å². The second-order valence-electron chi connectivity index (χ2n) is 7.91. The molecule has 0 radical (unpaired) electrons. The van der Waals surface area contributed by atoms with Crippen LogP contribution in [-0.2, 0) is 21.8 Å². The molecule has 0 bridgehead atoms. The summed E-state index contributed by atoms with van der Waals surface area (Å²) in [5.41, 5.74) is 0.317. The topological polar surface area (TPSA) is 137 Å². The predicted molar refractivity (Wildman–Crippen MR) is 116 cm³/mol. The number of nitro groups is 1. The molecule has 2 aliphatic rings. The Morgan fingerprint density at radius 1 is 1.18 bits per heavy atom. The van der Waals surface area contributed by atoms with Crippen LogP contribution in [0.15, 0.2) is 23.1 Å². The number of likely N-dealkylation sites (tertiary alicyclic amines) is 1. The van der Waals surface area contributed by atoms with Crippen molar-refractivity contribution < 1.29 is 27.6 Å². The molecule has 0 saturated carbocycles. The molecule has 178 valence electrons. The van der Waals surface area contributed by atoms with Crippen LogP contribution in [0.3, 0.4) is 0 Å². The molecule has 2 aromatic rings. The Labute approximate surface area is 190 Å². The first-order chi connectivity index (χ1) is 15.7. The standard InChI is InChI=1S/C20H25N5O7S/c1-14-18(19(26)23-7-3-4-8-23)21-22(2)20(14)32-16-6-5-15(25(27)28)13-17(16)33(29,30)24-9-11-31-12-10-24/h5-6,13H,3-4,7-12H2,1-2H3. The highest BCUT2D eigenvalue weighted by molar-refractivity contribution is 7.89. The quantitative estimate of drug-likeness (QED) is 0.451. The van der Waals surface area contributed by atoms with Crippen LogP contribution in [0.2, 0.25) is 0 Å². The Morgan fingerprint density at radius 3 is 2.48 bits per heavy atom. The maximum Gasteiger partial charge on any atom is 0.274 e. The van der Waals surface area contributed by atoms with Gasteiger partial charge in [0.15, 0.2) is 5.69 Å². The number of nitro benzene ring substituents is 1. The summed E-state index contributed by atoms with van der Waals surface area (Å²) in [6.45, 7) is 3.71. The van der Waals surface area contributed by atoms with Crippen LogP contribution in [-0.4, -0.2) is 77.6 Å². The van der Waals surface area contributed by atoms with Crippen LogP contribution in [0.25, 0.3) is 0 Å². The van der Waals surface area contributed by atoms with E-state index in [9.17, 15) is 23.3 Å². The van der Waals surface area contributed by atoms with E-state index in [1.165, 1.54) is 21.1 Å². The van der Waals surface area contributed by atoms with Crippen LogP contribution in [0.5, 0.6) is 11.6 Å². The number of hydrogen-bond donors (Lipinski definition) is 0. The SMILES string of the molecule is Cc1c(C(=O)N2CCCC2)nn(C)c1Oc1ccc([N+](=O)[O-])cc1S(=O)(=O)N1CCOCC1.